The number of rotatable bonds is 1. The second-order valence-electron chi connectivity index (χ2n) is 4.85. The Morgan fingerprint density at radius 3 is 2.00 bits per heavy atom. The van der Waals surface area contributed by atoms with E-state index < -0.39 is 23.1 Å². The zero-order chi connectivity index (χ0) is 11.4. The maximum absolute atomic E-state index is 11.9. The summed E-state index contributed by atoms with van der Waals surface area (Å²) >= 11 is 0. The van der Waals surface area contributed by atoms with Gasteiger partial charge in [-0.3, -0.25) is 9.59 Å². The fourth-order valence-electron chi connectivity index (χ4n) is 2.72. The highest BCUT2D eigenvalue weighted by atomic mass is 16.7. The molecule has 0 radical (unpaired) electrons. The summed E-state index contributed by atoms with van der Waals surface area (Å²) in [6, 6.07) is 0. The molecule has 1 aliphatic carbocycles. The lowest BCUT2D eigenvalue weighted by molar-refractivity contribution is -0.244. The molecule has 2 fully saturated rings. The third-order valence-electron chi connectivity index (χ3n) is 3.59. The standard InChI is InChI=1S/C11H16O4/c1-5-7-6(2)11(7)8(12)14-10(3,4)15-9(11)13/h6-7H,5H2,1-4H3/t6-,7-/m1/s1. The van der Waals surface area contributed by atoms with Crippen LogP contribution in [0.15, 0.2) is 0 Å². The van der Waals surface area contributed by atoms with Crippen LogP contribution in [0, 0.1) is 17.3 Å². The number of carbonyl (C=O) groups is 2. The Balaban J connectivity index is 2.30. The highest BCUT2D eigenvalue weighted by Gasteiger charge is 2.76. The highest BCUT2D eigenvalue weighted by Crippen LogP contribution is 2.63. The third kappa shape index (κ3) is 1.13. The Labute approximate surface area is 88.9 Å². The lowest BCUT2D eigenvalue weighted by Crippen LogP contribution is -2.49. The summed E-state index contributed by atoms with van der Waals surface area (Å²) < 4.78 is 10.3. The molecule has 2 rings (SSSR count). The molecule has 0 aromatic heterocycles. The van der Waals surface area contributed by atoms with Crippen molar-refractivity contribution in [3.8, 4) is 0 Å². The first-order valence-electron chi connectivity index (χ1n) is 5.33. The number of carbonyl (C=O) groups excluding carboxylic acids is 2. The molecule has 1 saturated heterocycles. The van der Waals surface area contributed by atoms with Crippen molar-refractivity contribution in [1.82, 2.24) is 0 Å². The lowest BCUT2D eigenvalue weighted by atomic mass is 10.00. The fourth-order valence-corrected chi connectivity index (χ4v) is 2.72. The number of cyclic esters (lactones) is 2. The molecule has 1 aliphatic heterocycles. The average Bonchev–Trinajstić information content (AvgIpc) is 2.67. The lowest BCUT2D eigenvalue weighted by Gasteiger charge is -2.33. The van der Waals surface area contributed by atoms with Gasteiger partial charge in [0.25, 0.3) is 5.79 Å². The minimum absolute atomic E-state index is 0.0404. The molecule has 15 heavy (non-hydrogen) atoms. The zero-order valence-electron chi connectivity index (χ0n) is 9.49. The van der Waals surface area contributed by atoms with E-state index in [2.05, 4.69) is 0 Å². The number of hydrogen-bond acceptors (Lipinski definition) is 4. The van der Waals surface area contributed by atoms with Crippen LogP contribution in [-0.2, 0) is 19.1 Å². The van der Waals surface area contributed by atoms with Crippen LogP contribution in [0.4, 0.5) is 0 Å². The van der Waals surface area contributed by atoms with Crippen molar-refractivity contribution in [3.63, 3.8) is 0 Å². The summed E-state index contributed by atoms with van der Waals surface area (Å²) in [7, 11) is 0. The number of hydrogen-bond donors (Lipinski definition) is 0. The maximum atomic E-state index is 11.9. The van der Waals surface area contributed by atoms with Gasteiger partial charge in [-0.05, 0) is 11.8 Å². The molecule has 4 heteroatoms. The van der Waals surface area contributed by atoms with Gasteiger partial charge in [-0.25, -0.2) is 0 Å². The van der Waals surface area contributed by atoms with Crippen molar-refractivity contribution < 1.29 is 19.1 Å². The SMILES string of the molecule is CC[C@@H]1[C@@H](C)C12C(=O)OC(C)(C)OC2=O. The first-order valence-corrected chi connectivity index (χ1v) is 5.33. The molecule has 0 unspecified atom stereocenters. The predicted molar refractivity (Wildman–Crippen MR) is 51.6 cm³/mol. The molecule has 84 valence electrons. The molecule has 0 amide bonds. The van der Waals surface area contributed by atoms with Crippen LogP contribution >= 0.6 is 0 Å². The average molecular weight is 212 g/mol. The highest BCUT2D eigenvalue weighted by molar-refractivity contribution is 6.05. The van der Waals surface area contributed by atoms with Crippen LogP contribution in [-0.4, -0.2) is 17.7 Å². The van der Waals surface area contributed by atoms with E-state index in [1.807, 2.05) is 13.8 Å². The fraction of sp³-hybridized carbons (Fsp3) is 0.818. The van der Waals surface area contributed by atoms with E-state index in [0.717, 1.165) is 6.42 Å². The van der Waals surface area contributed by atoms with Crippen molar-refractivity contribution in [3.05, 3.63) is 0 Å². The van der Waals surface area contributed by atoms with Gasteiger partial charge in [0.15, 0.2) is 5.41 Å². The van der Waals surface area contributed by atoms with Gasteiger partial charge in [-0.1, -0.05) is 20.3 Å². The van der Waals surface area contributed by atoms with Gasteiger partial charge in [0, 0.05) is 13.8 Å². The van der Waals surface area contributed by atoms with Crippen molar-refractivity contribution in [2.24, 2.45) is 17.3 Å². The van der Waals surface area contributed by atoms with Crippen LogP contribution in [0.25, 0.3) is 0 Å². The third-order valence-corrected chi connectivity index (χ3v) is 3.59. The Bertz CT molecular complexity index is 311. The number of esters is 2. The van der Waals surface area contributed by atoms with Gasteiger partial charge >= 0.3 is 11.9 Å². The van der Waals surface area contributed by atoms with E-state index in [1.54, 1.807) is 13.8 Å². The van der Waals surface area contributed by atoms with Gasteiger partial charge in [0.2, 0.25) is 0 Å². The first-order chi connectivity index (χ1) is 6.86. The van der Waals surface area contributed by atoms with E-state index >= 15 is 0 Å². The Morgan fingerprint density at radius 2 is 1.67 bits per heavy atom. The van der Waals surface area contributed by atoms with Crippen LogP contribution in [0.3, 0.4) is 0 Å². The molecule has 2 atom stereocenters. The quantitative estimate of drug-likeness (QED) is 0.488. The zero-order valence-corrected chi connectivity index (χ0v) is 9.49. The van der Waals surface area contributed by atoms with Gasteiger partial charge in [-0.2, -0.15) is 0 Å². The summed E-state index contributed by atoms with van der Waals surface area (Å²) in [4.78, 5) is 23.7. The molecule has 0 bridgehead atoms. The normalized spacial score (nSPS) is 36.0. The largest absolute Gasteiger partial charge is 0.422 e. The Hall–Kier alpha value is -1.06. The molecule has 1 heterocycles. The van der Waals surface area contributed by atoms with Gasteiger partial charge in [-0.15, -0.1) is 0 Å². The van der Waals surface area contributed by atoms with Crippen molar-refractivity contribution in [1.29, 1.82) is 0 Å². The van der Waals surface area contributed by atoms with E-state index in [1.165, 1.54) is 0 Å². The van der Waals surface area contributed by atoms with E-state index in [4.69, 9.17) is 9.47 Å². The molecule has 2 aliphatic rings. The monoisotopic (exact) mass is 212 g/mol. The maximum Gasteiger partial charge on any atom is 0.327 e. The Morgan fingerprint density at radius 1 is 1.20 bits per heavy atom. The minimum atomic E-state index is -1.11. The van der Waals surface area contributed by atoms with Crippen molar-refractivity contribution in [2.45, 2.75) is 39.9 Å². The molecule has 1 saturated carbocycles. The van der Waals surface area contributed by atoms with E-state index in [-0.39, 0.29) is 11.8 Å². The first kappa shape index (κ1) is 10.5. The molecule has 0 aromatic rings. The van der Waals surface area contributed by atoms with E-state index in [9.17, 15) is 9.59 Å². The molecular weight excluding hydrogens is 196 g/mol. The smallest absolute Gasteiger partial charge is 0.327 e. The summed E-state index contributed by atoms with van der Waals surface area (Å²) in [5, 5.41) is 0. The van der Waals surface area contributed by atoms with Crippen LogP contribution in [0.5, 0.6) is 0 Å². The van der Waals surface area contributed by atoms with Crippen LogP contribution in [0.2, 0.25) is 0 Å². The van der Waals surface area contributed by atoms with Gasteiger partial charge in [0.05, 0.1) is 0 Å². The van der Waals surface area contributed by atoms with Crippen LogP contribution in [0.1, 0.15) is 34.1 Å². The molecule has 4 nitrogen and oxygen atoms in total. The second kappa shape index (κ2) is 2.74. The minimum Gasteiger partial charge on any atom is -0.422 e. The Kier molecular flexibility index (Phi) is 1.91. The van der Waals surface area contributed by atoms with Crippen molar-refractivity contribution in [2.75, 3.05) is 0 Å². The molecule has 0 aromatic carbocycles. The predicted octanol–water partition coefficient (Wildman–Crippen LogP) is 1.48. The summed E-state index contributed by atoms with van der Waals surface area (Å²) in [6.07, 6.45) is 0.797. The van der Waals surface area contributed by atoms with Gasteiger partial charge < -0.3 is 9.47 Å². The summed E-state index contributed by atoms with van der Waals surface area (Å²) in [5.74, 6) is -1.82. The summed E-state index contributed by atoms with van der Waals surface area (Å²) in [6.45, 7) is 7.01. The molecular formula is C11H16O4. The van der Waals surface area contributed by atoms with E-state index in [0.29, 0.717) is 0 Å². The van der Waals surface area contributed by atoms with Crippen molar-refractivity contribution >= 4 is 11.9 Å². The summed E-state index contributed by atoms with van der Waals surface area (Å²) in [5.41, 5.74) is -0.996. The van der Waals surface area contributed by atoms with Crippen LogP contribution < -0.4 is 0 Å². The molecule has 0 N–H and O–H groups in total. The second-order valence-corrected chi connectivity index (χ2v) is 4.85. The number of ether oxygens (including phenoxy) is 2. The molecule has 1 spiro atoms. The van der Waals surface area contributed by atoms with Gasteiger partial charge in [0.1, 0.15) is 0 Å². The topological polar surface area (TPSA) is 52.6 Å².